The molecule has 0 unspecified atom stereocenters. The van der Waals surface area contributed by atoms with Crippen LogP contribution in [0.2, 0.25) is 0 Å². The molecule has 6 heteroatoms. The summed E-state index contributed by atoms with van der Waals surface area (Å²) in [5.41, 5.74) is 3.31. The molecule has 0 aliphatic heterocycles. The number of hydrogen-bond donors (Lipinski definition) is 1. The molecule has 2 aromatic rings. The molecule has 0 radical (unpaired) electrons. The van der Waals surface area contributed by atoms with E-state index in [0.29, 0.717) is 0 Å². The molecule has 0 aliphatic carbocycles. The van der Waals surface area contributed by atoms with Crippen LogP contribution in [0.1, 0.15) is 31.9 Å². The van der Waals surface area contributed by atoms with Gasteiger partial charge in [-0.15, -0.1) is 0 Å². The molecule has 19 heavy (non-hydrogen) atoms. The van der Waals surface area contributed by atoms with E-state index in [2.05, 4.69) is 21.6 Å². The smallest absolute Gasteiger partial charge is 0.179 e. The van der Waals surface area contributed by atoms with Crippen LogP contribution in [0, 0.1) is 4.77 Å². The van der Waals surface area contributed by atoms with Crippen LogP contribution in [0.15, 0.2) is 0 Å². The van der Waals surface area contributed by atoms with Gasteiger partial charge in [0.25, 0.3) is 0 Å². The van der Waals surface area contributed by atoms with E-state index in [-0.39, 0.29) is 0 Å². The fraction of sp³-hybridized carbons (Fsp3) is 0.692. The Balaban J connectivity index is 2.28. The monoisotopic (exact) mass is 282 g/mol. The summed E-state index contributed by atoms with van der Waals surface area (Å²) in [7, 11) is 3.72. The van der Waals surface area contributed by atoms with E-state index >= 15 is 0 Å². The molecule has 0 fully saturated rings. The van der Waals surface area contributed by atoms with Crippen molar-refractivity contribution in [1.82, 2.24) is 19.3 Å². The zero-order chi connectivity index (χ0) is 13.8. The molecule has 106 valence electrons. The molecule has 5 nitrogen and oxygen atoms in total. The van der Waals surface area contributed by atoms with Crippen LogP contribution in [0.4, 0.5) is 0 Å². The normalized spacial score (nSPS) is 11.5. The van der Waals surface area contributed by atoms with Gasteiger partial charge in [0.05, 0.1) is 5.69 Å². The Kier molecular flexibility index (Phi) is 4.76. The maximum absolute atomic E-state index is 5.42. The number of fused-ring (bicyclic) bond motifs is 1. The molecule has 0 aliphatic rings. The van der Waals surface area contributed by atoms with E-state index in [4.69, 9.17) is 17.0 Å². The molecule has 1 N–H and O–H groups in total. The first kappa shape index (κ1) is 14.3. The number of nitrogens with zero attached hydrogens (tertiary/aromatic N) is 3. The van der Waals surface area contributed by atoms with E-state index in [0.717, 1.165) is 60.5 Å². The quantitative estimate of drug-likeness (QED) is 0.627. The molecule has 0 spiro atoms. The minimum Gasteiger partial charge on any atom is -0.385 e. The molecule has 2 rings (SSSR count). The highest BCUT2D eigenvalue weighted by Crippen LogP contribution is 2.19. The highest BCUT2D eigenvalue weighted by Gasteiger charge is 2.14. The largest absolute Gasteiger partial charge is 0.385 e. The summed E-state index contributed by atoms with van der Waals surface area (Å²) in [5, 5.41) is 4.58. The summed E-state index contributed by atoms with van der Waals surface area (Å²) >= 11 is 5.42. The Bertz CT molecular complexity index is 596. The Hall–Kier alpha value is -1.14. The van der Waals surface area contributed by atoms with Gasteiger partial charge in [-0.2, -0.15) is 5.10 Å². The summed E-state index contributed by atoms with van der Waals surface area (Å²) in [5.74, 6) is 0. The first-order chi connectivity index (χ1) is 9.19. The van der Waals surface area contributed by atoms with Gasteiger partial charge >= 0.3 is 0 Å². The van der Waals surface area contributed by atoms with Crippen molar-refractivity contribution in [2.75, 3.05) is 13.7 Å². The third-order valence-corrected chi connectivity index (χ3v) is 3.61. The lowest BCUT2D eigenvalue weighted by molar-refractivity contribution is 0.191. The molecule has 0 atom stereocenters. The van der Waals surface area contributed by atoms with Gasteiger partial charge in [0.15, 0.2) is 10.4 Å². The van der Waals surface area contributed by atoms with Crippen LogP contribution in [0.25, 0.3) is 11.2 Å². The van der Waals surface area contributed by atoms with Crippen LogP contribution in [-0.4, -0.2) is 33.0 Å². The Labute approximate surface area is 118 Å². The van der Waals surface area contributed by atoms with E-state index < -0.39 is 0 Å². The molecule has 0 aromatic carbocycles. The second-order valence-corrected chi connectivity index (χ2v) is 5.19. The van der Waals surface area contributed by atoms with Crippen molar-refractivity contribution in [3.63, 3.8) is 0 Å². The molecular weight excluding hydrogens is 260 g/mol. The number of nitrogens with one attached hydrogen (secondary N) is 1. The highest BCUT2D eigenvalue weighted by atomic mass is 32.1. The first-order valence-electron chi connectivity index (χ1n) is 6.82. The second-order valence-electron chi connectivity index (χ2n) is 4.80. The average Bonchev–Trinajstić information content (AvgIpc) is 2.85. The maximum Gasteiger partial charge on any atom is 0.179 e. The van der Waals surface area contributed by atoms with Gasteiger partial charge in [-0.05, 0) is 31.5 Å². The number of unbranched alkanes of at least 4 members (excludes halogenated alkanes) is 1. The minimum absolute atomic E-state index is 0.790. The SMILES string of the molecule is CCCc1nn(C)c2c1[nH]c(=S)n2CCCCOC. The van der Waals surface area contributed by atoms with Gasteiger partial charge in [0.1, 0.15) is 5.52 Å². The number of imidazole rings is 1. The van der Waals surface area contributed by atoms with E-state index in [1.807, 2.05) is 11.7 Å². The Morgan fingerprint density at radius 2 is 2.16 bits per heavy atom. The predicted molar refractivity (Wildman–Crippen MR) is 79.0 cm³/mol. The standard InChI is InChI=1S/C13H22N4OS/c1-4-7-10-11-12(16(2)15-10)17(13(19)14-11)8-5-6-9-18-3/h4-9H2,1-3H3,(H,14,19). The van der Waals surface area contributed by atoms with Gasteiger partial charge in [-0.1, -0.05) is 13.3 Å². The van der Waals surface area contributed by atoms with Gasteiger partial charge in [0.2, 0.25) is 0 Å². The van der Waals surface area contributed by atoms with Gasteiger partial charge in [-0.25, -0.2) is 0 Å². The summed E-state index contributed by atoms with van der Waals surface area (Å²) in [6.07, 6.45) is 4.18. The average molecular weight is 282 g/mol. The topological polar surface area (TPSA) is 47.8 Å². The number of ether oxygens (including phenoxy) is 1. The number of aromatic amines is 1. The van der Waals surface area contributed by atoms with Crippen molar-refractivity contribution >= 4 is 23.4 Å². The highest BCUT2D eigenvalue weighted by molar-refractivity contribution is 7.71. The fourth-order valence-corrected chi connectivity index (χ4v) is 2.69. The lowest BCUT2D eigenvalue weighted by Gasteiger charge is -2.04. The number of aryl methyl sites for hydroxylation is 3. The number of H-pyrrole nitrogens is 1. The molecule has 0 saturated carbocycles. The molecule has 2 aromatic heterocycles. The van der Waals surface area contributed by atoms with Gasteiger partial charge in [0, 0.05) is 27.3 Å². The lowest BCUT2D eigenvalue weighted by atomic mass is 10.2. The first-order valence-corrected chi connectivity index (χ1v) is 7.23. The minimum atomic E-state index is 0.790. The van der Waals surface area contributed by atoms with Crippen molar-refractivity contribution in [2.24, 2.45) is 7.05 Å². The van der Waals surface area contributed by atoms with Crippen LogP contribution < -0.4 is 0 Å². The fourth-order valence-electron chi connectivity index (χ4n) is 2.41. The molecular formula is C13H22N4OS. The van der Waals surface area contributed by atoms with Crippen LogP contribution in [0.3, 0.4) is 0 Å². The van der Waals surface area contributed by atoms with Crippen molar-refractivity contribution in [1.29, 1.82) is 0 Å². The Morgan fingerprint density at radius 3 is 2.84 bits per heavy atom. The number of rotatable bonds is 7. The maximum atomic E-state index is 5.42. The van der Waals surface area contributed by atoms with E-state index in [1.54, 1.807) is 7.11 Å². The van der Waals surface area contributed by atoms with Gasteiger partial charge in [-0.3, -0.25) is 4.68 Å². The summed E-state index contributed by atoms with van der Waals surface area (Å²) in [6.45, 7) is 3.87. The zero-order valence-corrected chi connectivity index (χ0v) is 12.7. The van der Waals surface area contributed by atoms with Crippen LogP contribution >= 0.6 is 12.2 Å². The van der Waals surface area contributed by atoms with Crippen LogP contribution in [-0.2, 0) is 24.8 Å². The lowest BCUT2D eigenvalue weighted by Crippen LogP contribution is -2.04. The Morgan fingerprint density at radius 1 is 1.37 bits per heavy atom. The van der Waals surface area contributed by atoms with Crippen molar-refractivity contribution in [3.8, 4) is 0 Å². The van der Waals surface area contributed by atoms with Gasteiger partial charge < -0.3 is 14.3 Å². The second kappa shape index (κ2) is 6.34. The van der Waals surface area contributed by atoms with E-state index in [1.165, 1.54) is 0 Å². The number of aromatic nitrogens is 4. The number of hydrogen-bond acceptors (Lipinski definition) is 3. The summed E-state index contributed by atoms with van der Waals surface area (Å²) in [6, 6.07) is 0. The molecule has 0 saturated heterocycles. The predicted octanol–water partition coefficient (Wildman–Crippen LogP) is 2.81. The van der Waals surface area contributed by atoms with Crippen LogP contribution in [0.5, 0.6) is 0 Å². The summed E-state index contributed by atoms with van der Waals surface area (Å²) < 4.78 is 9.95. The van der Waals surface area contributed by atoms with Crippen molar-refractivity contribution in [2.45, 2.75) is 39.2 Å². The third-order valence-electron chi connectivity index (χ3n) is 3.29. The molecule has 0 bridgehead atoms. The van der Waals surface area contributed by atoms with E-state index in [9.17, 15) is 0 Å². The molecule has 2 heterocycles. The third kappa shape index (κ3) is 2.90. The zero-order valence-electron chi connectivity index (χ0n) is 11.9. The van der Waals surface area contributed by atoms with Crippen molar-refractivity contribution in [3.05, 3.63) is 10.5 Å². The molecule has 0 amide bonds. The van der Waals surface area contributed by atoms with Crippen molar-refractivity contribution < 1.29 is 4.74 Å². The number of methoxy groups -OCH3 is 1. The summed E-state index contributed by atoms with van der Waals surface area (Å²) in [4.78, 5) is 3.31.